The number of hydrogen-bond donors (Lipinski definition) is 2. The van der Waals surface area contributed by atoms with E-state index in [0.717, 1.165) is 32.0 Å². The SMILES string of the molecule is Cl.Cl.O=C(CCn1cccn1)NCCC1CCNC1. The standard InChI is InChI=1S/C12H20N4O.2ClH/c17-12(4-9-16-8-1-5-15-16)14-7-3-11-2-6-13-10-11;;/h1,5,8,11,13H,2-4,6-7,9-10H2,(H,14,17);2*1H. The molecule has 0 aromatic carbocycles. The van der Waals surface area contributed by atoms with Gasteiger partial charge in [0.25, 0.3) is 0 Å². The van der Waals surface area contributed by atoms with Gasteiger partial charge in [-0.1, -0.05) is 0 Å². The molecule has 7 heteroatoms. The summed E-state index contributed by atoms with van der Waals surface area (Å²) in [6.45, 7) is 3.68. The van der Waals surface area contributed by atoms with Gasteiger partial charge in [-0.25, -0.2) is 0 Å². The third-order valence-corrected chi connectivity index (χ3v) is 3.16. The highest BCUT2D eigenvalue weighted by Crippen LogP contribution is 2.10. The molecular weight excluding hydrogens is 287 g/mol. The van der Waals surface area contributed by atoms with Crippen LogP contribution in [-0.2, 0) is 11.3 Å². The van der Waals surface area contributed by atoms with E-state index in [1.54, 1.807) is 10.9 Å². The highest BCUT2D eigenvalue weighted by Gasteiger charge is 2.13. The summed E-state index contributed by atoms with van der Waals surface area (Å²) in [4.78, 5) is 11.5. The van der Waals surface area contributed by atoms with Gasteiger partial charge in [-0.2, -0.15) is 5.10 Å². The van der Waals surface area contributed by atoms with Crippen molar-refractivity contribution in [3.8, 4) is 0 Å². The number of nitrogens with zero attached hydrogens (tertiary/aromatic N) is 2. The Kier molecular flexibility index (Phi) is 9.65. The van der Waals surface area contributed by atoms with Crippen LogP contribution in [0.4, 0.5) is 0 Å². The maximum atomic E-state index is 11.5. The molecule has 5 nitrogen and oxygen atoms in total. The maximum Gasteiger partial charge on any atom is 0.221 e. The van der Waals surface area contributed by atoms with Crippen LogP contribution in [0.2, 0.25) is 0 Å². The van der Waals surface area contributed by atoms with Crippen LogP contribution < -0.4 is 10.6 Å². The molecule has 1 aliphatic heterocycles. The lowest BCUT2D eigenvalue weighted by Gasteiger charge is -2.09. The average Bonchev–Trinajstić information content (AvgIpc) is 2.99. The van der Waals surface area contributed by atoms with Crippen molar-refractivity contribution in [2.24, 2.45) is 5.92 Å². The molecule has 19 heavy (non-hydrogen) atoms. The third-order valence-electron chi connectivity index (χ3n) is 3.16. The minimum absolute atomic E-state index is 0. The van der Waals surface area contributed by atoms with Gasteiger partial charge in [-0.15, -0.1) is 24.8 Å². The predicted molar refractivity (Wildman–Crippen MR) is 79.9 cm³/mol. The van der Waals surface area contributed by atoms with E-state index in [-0.39, 0.29) is 30.7 Å². The van der Waals surface area contributed by atoms with Gasteiger partial charge in [0.05, 0.1) is 0 Å². The molecule has 110 valence electrons. The Morgan fingerprint density at radius 3 is 2.95 bits per heavy atom. The third kappa shape index (κ3) is 6.80. The van der Waals surface area contributed by atoms with Crippen LogP contribution in [0.3, 0.4) is 0 Å². The molecule has 2 heterocycles. The van der Waals surface area contributed by atoms with Gasteiger partial charge in [0.1, 0.15) is 0 Å². The summed E-state index contributed by atoms with van der Waals surface area (Å²) in [7, 11) is 0. The van der Waals surface area contributed by atoms with Gasteiger partial charge in [0, 0.05) is 31.9 Å². The molecule has 0 bridgehead atoms. The quantitative estimate of drug-likeness (QED) is 0.831. The van der Waals surface area contributed by atoms with E-state index >= 15 is 0 Å². The van der Waals surface area contributed by atoms with Crippen molar-refractivity contribution in [2.45, 2.75) is 25.8 Å². The van der Waals surface area contributed by atoms with Gasteiger partial charge in [-0.3, -0.25) is 9.48 Å². The van der Waals surface area contributed by atoms with Crippen molar-refractivity contribution in [1.29, 1.82) is 0 Å². The minimum Gasteiger partial charge on any atom is -0.356 e. The van der Waals surface area contributed by atoms with Crippen molar-refractivity contribution < 1.29 is 4.79 Å². The summed E-state index contributed by atoms with van der Waals surface area (Å²) in [6, 6.07) is 1.87. The Balaban J connectivity index is 0.00000162. The van der Waals surface area contributed by atoms with Crippen LogP contribution in [0.15, 0.2) is 18.5 Å². The van der Waals surface area contributed by atoms with Crippen LogP contribution in [0.5, 0.6) is 0 Å². The second-order valence-electron chi connectivity index (χ2n) is 4.52. The number of halogens is 2. The Labute approximate surface area is 126 Å². The number of aryl methyl sites for hydroxylation is 1. The molecule has 1 fully saturated rings. The van der Waals surface area contributed by atoms with Crippen LogP contribution in [0.25, 0.3) is 0 Å². The normalized spacial score (nSPS) is 17.4. The van der Waals surface area contributed by atoms with E-state index in [9.17, 15) is 4.79 Å². The average molecular weight is 309 g/mol. The number of hydrogen-bond acceptors (Lipinski definition) is 3. The van der Waals surface area contributed by atoms with Crippen molar-refractivity contribution >= 4 is 30.7 Å². The Bertz CT molecular complexity index is 340. The summed E-state index contributed by atoms with van der Waals surface area (Å²) in [5, 5.41) is 10.4. The molecule has 1 aliphatic rings. The van der Waals surface area contributed by atoms with E-state index in [0.29, 0.717) is 13.0 Å². The molecule has 0 aliphatic carbocycles. The molecule has 1 aromatic rings. The molecule has 0 radical (unpaired) electrons. The second-order valence-corrected chi connectivity index (χ2v) is 4.52. The topological polar surface area (TPSA) is 59.0 Å². The first-order chi connectivity index (χ1) is 8.34. The number of rotatable bonds is 6. The largest absolute Gasteiger partial charge is 0.356 e. The second kappa shape index (κ2) is 10.1. The van der Waals surface area contributed by atoms with Gasteiger partial charge >= 0.3 is 0 Å². The van der Waals surface area contributed by atoms with Gasteiger partial charge in [0.2, 0.25) is 5.91 Å². The molecule has 2 N–H and O–H groups in total. The van der Waals surface area contributed by atoms with E-state index in [1.807, 2.05) is 12.3 Å². The van der Waals surface area contributed by atoms with Crippen molar-refractivity contribution in [1.82, 2.24) is 20.4 Å². The highest BCUT2D eigenvalue weighted by atomic mass is 35.5. The van der Waals surface area contributed by atoms with Crippen molar-refractivity contribution in [3.05, 3.63) is 18.5 Å². The summed E-state index contributed by atoms with van der Waals surface area (Å²) < 4.78 is 1.78. The molecule has 1 amide bonds. The van der Waals surface area contributed by atoms with Crippen LogP contribution in [0, 0.1) is 5.92 Å². The summed E-state index contributed by atoms with van der Waals surface area (Å²) >= 11 is 0. The van der Waals surface area contributed by atoms with Crippen LogP contribution >= 0.6 is 24.8 Å². The summed E-state index contributed by atoms with van der Waals surface area (Å²) in [5.41, 5.74) is 0. The number of amides is 1. The lowest BCUT2D eigenvalue weighted by atomic mass is 10.1. The zero-order valence-electron chi connectivity index (χ0n) is 10.9. The fraction of sp³-hybridized carbons (Fsp3) is 0.667. The number of carbonyl (C=O) groups excluding carboxylic acids is 1. The first kappa shape index (κ1) is 18.2. The smallest absolute Gasteiger partial charge is 0.221 e. The Morgan fingerprint density at radius 2 is 2.32 bits per heavy atom. The van der Waals surface area contributed by atoms with Gasteiger partial charge in [-0.05, 0) is 37.9 Å². The predicted octanol–water partition coefficient (Wildman–Crippen LogP) is 1.23. The van der Waals surface area contributed by atoms with E-state index in [1.165, 1.54) is 6.42 Å². The molecule has 1 aromatic heterocycles. The van der Waals surface area contributed by atoms with Gasteiger partial charge in [0.15, 0.2) is 0 Å². The zero-order chi connectivity index (χ0) is 11.9. The minimum atomic E-state index is 0. The van der Waals surface area contributed by atoms with E-state index in [4.69, 9.17) is 0 Å². The fourth-order valence-corrected chi connectivity index (χ4v) is 2.11. The maximum absolute atomic E-state index is 11.5. The number of nitrogens with one attached hydrogen (secondary N) is 2. The zero-order valence-corrected chi connectivity index (χ0v) is 12.5. The molecule has 1 saturated heterocycles. The monoisotopic (exact) mass is 308 g/mol. The highest BCUT2D eigenvalue weighted by molar-refractivity contribution is 5.85. The Morgan fingerprint density at radius 1 is 1.47 bits per heavy atom. The molecule has 0 spiro atoms. The van der Waals surface area contributed by atoms with Crippen LogP contribution in [0.1, 0.15) is 19.3 Å². The van der Waals surface area contributed by atoms with Crippen molar-refractivity contribution in [2.75, 3.05) is 19.6 Å². The molecular formula is C12H22Cl2N4O. The first-order valence-corrected chi connectivity index (χ1v) is 6.29. The van der Waals surface area contributed by atoms with Gasteiger partial charge < -0.3 is 10.6 Å². The number of aromatic nitrogens is 2. The summed E-state index contributed by atoms with van der Waals surface area (Å²) in [5.74, 6) is 0.855. The lowest BCUT2D eigenvalue weighted by molar-refractivity contribution is -0.121. The molecule has 1 unspecified atom stereocenters. The van der Waals surface area contributed by atoms with Crippen molar-refractivity contribution in [3.63, 3.8) is 0 Å². The molecule has 1 atom stereocenters. The fourth-order valence-electron chi connectivity index (χ4n) is 2.11. The van der Waals surface area contributed by atoms with E-state index < -0.39 is 0 Å². The Hall–Kier alpha value is -0.780. The first-order valence-electron chi connectivity index (χ1n) is 6.29. The van der Waals surface area contributed by atoms with E-state index in [2.05, 4.69) is 15.7 Å². The number of carbonyl (C=O) groups is 1. The molecule has 2 rings (SSSR count). The molecule has 0 saturated carbocycles. The lowest BCUT2D eigenvalue weighted by Crippen LogP contribution is -2.27. The van der Waals surface area contributed by atoms with Crippen LogP contribution in [-0.4, -0.2) is 35.3 Å². The summed E-state index contributed by atoms with van der Waals surface area (Å²) in [6.07, 6.45) is 6.43.